The van der Waals surface area contributed by atoms with E-state index in [-0.39, 0.29) is 0 Å². The van der Waals surface area contributed by atoms with E-state index in [4.69, 9.17) is 0 Å². The first kappa shape index (κ1) is 16.2. The molecule has 1 heterocycles. The summed E-state index contributed by atoms with van der Waals surface area (Å²) in [6.07, 6.45) is 1.79. The summed E-state index contributed by atoms with van der Waals surface area (Å²) >= 11 is 0. The van der Waals surface area contributed by atoms with Crippen LogP contribution in [0.2, 0.25) is 0 Å². The molecule has 0 aliphatic carbocycles. The molecular weight excluding hydrogens is 255 g/mol. The third kappa shape index (κ3) is 5.84. The van der Waals surface area contributed by atoms with E-state index in [1.807, 2.05) is 55.4 Å². The van der Waals surface area contributed by atoms with E-state index in [1.54, 1.807) is 18.3 Å². The molecule has 0 fully saturated rings. The average molecular weight is 274 g/mol. The van der Waals surface area contributed by atoms with Crippen molar-refractivity contribution in [3.05, 3.63) is 54.7 Å². The molecule has 6 heteroatoms. The summed E-state index contributed by atoms with van der Waals surface area (Å²) in [5, 5.41) is 9.17. The minimum absolute atomic E-state index is 0.675. The van der Waals surface area contributed by atoms with E-state index < -0.39 is 7.12 Å². The van der Waals surface area contributed by atoms with E-state index in [0.29, 0.717) is 5.46 Å². The first-order chi connectivity index (χ1) is 9.65. The Balaban J connectivity index is 0.000000204. The van der Waals surface area contributed by atoms with Gasteiger partial charge in [-0.05, 0) is 17.6 Å². The molecule has 0 bridgehead atoms. The van der Waals surface area contributed by atoms with Crippen molar-refractivity contribution < 1.29 is 14.7 Å². The number of anilines is 1. The van der Waals surface area contributed by atoms with Crippen LogP contribution in [0.1, 0.15) is 0 Å². The largest absolute Gasteiger partial charge is 0.522 e. The van der Waals surface area contributed by atoms with Gasteiger partial charge < -0.3 is 9.92 Å². The maximum Gasteiger partial charge on any atom is 0.522 e. The molecule has 20 heavy (non-hydrogen) atoms. The fraction of sp³-hybridized carbons (Fsp3) is 0.214. The second-order valence-corrected chi connectivity index (χ2v) is 4.11. The Bertz CT molecular complexity index is 468. The summed E-state index contributed by atoms with van der Waals surface area (Å²) in [7, 11) is 4.30. The quantitative estimate of drug-likeness (QED) is 0.514. The molecular formula is C14H19BN2O3. The molecule has 0 aliphatic rings. The van der Waals surface area contributed by atoms with Gasteiger partial charge >= 0.3 is 7.12 Å². The van der Waals surface area contributed by atoms with Gasteiger partial charge in [-0.25, -0.2) is 4.98 Å². The van der Waals surface area contributed by atoms with Crippen LogP contribution in [0.25, 0.3) is 0 Å². The predicted molar refractivity (Wildman–Crippen MR) is 80.7 cm³/mol. The lowest BCUT2D eigenvalue weighted by Crippen LogP contribution is -2.32. The Kier molecular flexibility index (Phi) is 7.35. The molecule has 0 amide bonds. The minimum Gasteiger partial charge on any atom is -0.422 e. The van der Waals surface area contributed by atoms with Crippen LogP contribution in [-0.4, -0.2) is 38.3 Å². The Morgan fingerprint density at radius 1 is 1.05 bits per heavy atom. The maximum atomic E-state index is 9.17. The number of hydrogen-bond donors (Lipinski definition) is 1. The normalized spacial score (nSPS) is 9.40. The molecule has 0 atom stereocenters. The van der Waals surface area contributed by atoms with Crippen LogP contribution in [-0.2, 0) is 9.69 Å². The maximum absolute atomic E-state index is 9.17. The lowest BCUT2D eigenvalue weighted by atomic mass is 9.80. The van der Waals surface area contributed by atoms with Crippen LogP contribution in [0.3, 0.4) is 0 Å². The first-order valence-electron chi connectivity index (χ1n) is 6.16. The van der Waals surface area contributed by atoms with Crippen molar-refractivity contribution in [3.63, 3.8) is 0 Å². The predicted octanol–water partition coefficient (Wildman–Crippen LogP) is 1.10. The zero-order valence-corrected chi connectivity index (χ0v) is 11.9. The van der Waals surface area contributed by atoms with Crippen LogP contribution < -0.4 is 10.4 Å². The molecule has 2 rings (SSSR count). The molecule has 0 spiro atoms. The highest BCUT2D eigenvalue weighted by molar-refractivity contribution is 6.59. The SMILES string of the molecule is CN(C)c1ccccn1.COOB(O)c1ccccc1. The van der Waals surface area contributed by atoms with Gasteiger partial charge in [-0.1, -0.05) is 36.4 Å². The Morgan fingerprint density at radius 3 is 2.15 bits per heavy atom. The van der Waals surface area contributed by atoms with Crippen LogP contribution in [0.4, 0.5) is 5.82 Å². The molecule has 0 saturated carbocycles. The van der Waals surface area contributed by atoms with Gasteiger partial charge in [-0.3, -0.25) is 9.69 Å². The smallest absolute Gasteiger partial charge is 0.422 e. The van der Waals surface area contributed by atoms with Crippen molar-refractivity contribution in [3.8, 4) is 0 Å². The van der Waals surface area contributed by atoms with Gasteiger partial charge in [0.2, 0.25) is 0 Å². The van der Waals surface area contributed by atoms with Crippen molar-refractivity contribution in [2.45, 2.75) is 0 Å². The molecule has 2 aromatic rings. The third-order valence-corrected chi connectivity index (χ3v) is 2.38. The molecule has 1 N–H and O–H groups in total. The topological polar surface area (TPSA) is 54.8 Å². The highest BCUT2D eigenvalue weighted by atomic mass is 17.2. The van der Waals surface area contributed by atoms with Crippen LogP contribution >= 0.6 is 0 Å². The van der Waals surface area contributed by atoms with Gasteiger partial charge in [-0.15, -0.1) is 0 Å². The van der Waals surface area contributed by atoms with Gasteiger partial charge in [0, 0.05) is 20.3 Å². The summed E-state index contributed by atoms with van der Waals surface area (Å²) in [6, 6.07) is 14.9. The fourth-order valence-corrected chi connectivity index (χ4v) is 1.38. The van der Waals surface area contributed by atoms with E-state index in [1.165, 1.54) is 7.11 Å². The number of nitrogens with zero attached hydrogens (tertiary/aromatic N) is 2. The zero-order chi connectivity index (χ0) is 14.8. The molecule has 1 aromatic carbocycles. The Labute approximate surface area is 119 Å². The van der Waals surface area contributed by atoms with E-state index in [2.05, 4.69) is 14.7 Å². The summed E-state index contributed by atoms with van der Waals surface area (Å²) in [4.78, 5) is 14.9. The summed E-state index contributed by atoms with van der Waals surface area (Å²) < 4.78 is 0. The number of hydrogen-bond acceptors (Lipinski definition) is 5. The minimum atomic E-state index is -0.999. The Hall–Kier alpha value is -1.89. The van der Waals surface area contributed by atoms with Crippen LogP contribution in [0.15, 0.2) is 54.7 Å². The highest BCUT2D eigenvalue weighted by Gasteiger charge is 2.15. The van der Waals surface area contributed by atoms with Crippen molar-refractivity contribution in [1.29, 1.82) is 0 Å². The molecule has 1 aromatic heterocycles. The van der Waals surface area contributed by atoms with Crippen molar-refractivity contribution in [1.82, 2.24) is 4.98 Å². The molecule has 0 radical (unpaired) electrons. The standard InChI is InChI=1S/C7H9BO3.C7H10N2/c1-10-11-8(9)7-5-3-2-4-6-7;1-9(2)7-5-3-4-6-8-7/h2-6,9H,1H3;3-6H,1-2H3. The number of rotatable bonds is 4. The summed E-state index contributed by atoms with van der Waals surface area (Å²) in [6.45, 7) is 0. The highest BCUT2D eigenvalue weighted by Crippen LogP contribution is 2.02. The molecule has 106 valence electrons. The molecule has 0 saturated heterocycles. The second-order valence-electron chi connectivity index (χ2n) is 4.11. The van der Waals surface area contributed by atoms with Gasteiger partial charge in [0.25, 0.3) is 0 Å². The van der Waals surface area contributed by atoms with Gasteiger partial charge in [-0.2, -0.15) is 0 Å². The monoisotopic (exact) mass is 274 g/mol. The van der Waals surface area contributed by atoms with Gasteiger partial charge in [0.15, 0.2) is 0 Å². The molecule has 0 aliphatic heterocycles. The second kappa shape index (κ2) is 9.09. The molecule has 5 nitrogen and oxygen atoms in total. The lowest BCUT2D eigenvalue weighted by molar-refractivity contribution is -0.193. The van der Waals surface area contributed by atoms with E-state index in [0.717, 1.165) is 5.82 Å². The van der Waals surface area contributed by atoms with Crippen LogP contribution in [0.5, 0.6) is 0 Å². The number of benzene rings is 1. The van der Waals surface area contributed by atoms with Crippen molar-refractivity contribution >= 4 is 18.4 Å². The summed E-state index contributed by atoms with van der Waals surface area (Å²) in [5.74, 6) is 0.998. The third-order valence-electron chi connectivity index (χ3n) is 2.38. The average Bonchev–Trinajstić information content (AvgIpc) is 2.50. The first-order valence-corrected chi connectivity index (χ1v) is 6.16. The van der Waals surface area contributed by atoms with Crippen molar-refractivity contribution in [2.24, 2.45) is 0 Å². The van der Waals surface area contributed by atoms with Gasteiger partial charge in [0.05, 0.1) is 7.11 Å². The number of pyridine rings is 1. The van der Waals surface area contributed by atoms with Gasteiger partial charge in [0.1, 0.15) is 5.82 Å². The summed E-state index contributed by atoms with van der Waals surface area (Å²) in [5.41, 5.74) is 0.675. The lowest BCUT2D eigenvalue weighted by Gasteiger charge is -2.08. The van der Waals surface area contributed by atoms with Crippen LogP contribution in [0, 0.1) is 0 Å². The molecule has 0 unspecified atom stereocenters. The fourth-order valence-electron chi connectivity index (χ4n) is 1.38. The van der Waals surface area contributed by atoms with E-state index >= 15 is 0 Å². The Morgan fingerprint density at radius 2 is 1.70 bits per heavy atom. The van der Waals surface area contributed by atoms with Crippen molar-refractivity contribution in [2.75, 3.05) is 26.1 Å². The zero-order valence-electron chi connectivity index (χ0n) is 11.9. The number of aromatic nitrogens is 1. The van der Waals surface area contributed by atoms with E-state index in [9.17, 15) is 5.02 Å².